The standard InChI is InChI=1S/C19H19N5O3S2/c1-27-17-6-3-2-5-14(17)13-22-19(28)23-15-7-9-16(10-8-15)29(25,26)24-18-20-11-4-12-21-18/h2-12H,13H2,1H3,(H,20,21,24)(H2,22,23,28). The molecule has 0 spiro atoms. The number of hydrogen-bond donors (Lipinski definition) is 3. The van der Waals surface area contributed by atoms with Crippen LogP contribution in [0.1, 0.15) is 5.56 Å². The molecule has 1 heterocycles. The number of anilines is 2. The molecular weight excluding hydrogens is 410 g/mol. The van der Waals surface area contributed by atoms with E-state index in [1.807, 2.05) is 24.3 Å². The van der Waals surface area contributed by atoms with Gasteiger partial charge in [0.1, 0.15) is 5.75 Å². The van der Waals surface area contributed by atoms with E-state index in [1.54, 1.807) is 25.3 Å². The van der Waals surface area contributed by atoms with E-state index in [0.29, 0.717) is 17.3 Å². The summed E-state index contributed by atoms with van der Waals surface area (Å²) < 4.78 is 32.4. The minimum absolute atomic E-state index is 0.0106. The van der Waals surface area contributed by atoms with Gasteiger partial charge in [0.15, 0.2) is 5.11 Å². The molecule has 1 aromatic heterocycles. The van der Waals surface area contributed by atoms with E-state index in [-0.39, 0.29) is 10.8 Å². The van der Waals surface area contributed by atoms with Crippen LogP contribution in [0.4, 0.5) is 11.6 Å². The number of nitrogens with zero attached hydrogens (tertiary/aromatic N) is 2. The summed E-state index contributed by atoms with van der Waals surface area (Å²) in [6.07, 6.45) is 2.91. The second-order valence-electron chi connectivity index (χ2n) is 5.82. The summed E-state index contributed by atoms with van der Waals surface area (Å²) in [4.78, 5) is 7.80. The zero-order valence-corrected chi connectivity index (χ0v) is 17.1. The van der Waals surface area contributed by atoms with Crippen LogP contribution >= 0.6 is 12.2 Å². The third-order valence-electron chi connectivity index (χ3n) is 3.85. The van der Waals surface area contributed by atoms with Crippen LogP contribution in [-0.2, 0) is 16.6 Å². The monoisotopic (exact) mass is 429 g/mol. The quantitative estimate of drug-likeness (QED) is 0.493. The Hall–Kier alpha value is -3.24. The Morgan fingerprint density at radius 3 is 2.41 bits per heavy atom. The first-order valence-corrected chi connectivity index (χ1v) is 10.4. The van der Waals surface area contributed by atoms with Gasteiger partial charge in [0, 0.05) is 30.2 Å². The molecule has 0 amide bonds. The fourth-order valence-electron chi connectivity index (χ4n) is 2.45. The van der Waals surface area contributed by atoms with Gasteiger partial charge in [-0.1, -0.05) is 18.2 Å². The summed E-state index contributed by atoms with van der Waals surface area (Å²) in [5.74, 6) is 0.781. The molecule has 0 saturated carbocycles. The number of sulfonamides is 1. The van der Waals surface area contributed by atoms with E-state index in [2.05, 4.69) is 25.3 Å². The van der Waals surface area contributed by atoms with Crippen molar-refractivity contribution in [2.24, 2.45) is 0 Å². The van der Waals surface area contributed by atoms with Crippen molar-refractivity contribution in [3.05, 3.63) is 72.6 Å². The molecular formula is C19H19N5O3S2. The molecule has 8 nitrogen and oxygen atoms in total. The molecule has 3 rings (SSSR count). The van der Waals surface area contributed by atoms with Crippen molar-refractivity contribution >= 4 is 39.0 Å². The first-order chi connectivity index (χ1) is 14.0. The Labute approximate surface area is 174 Å². The molecule has 0 aliphatic carbocycles. The second kappa shape index (κ2) is 9.30. The van der Waals surface area contributed by atoms with Crippen molar-refractivity contribution in [1.82, 2.24) is 15.3 Å². The average molecular weight is 430 g/mol. The second-order valence-corrected chi connectivity index (χ2v) is 7.91. The number of nitrogens with one attached hydrogen (secondary N) is 3. The molecule has 0 radical (unpaired) electrons. The normalized spacial score (nSPS) is 10.8. The number of methoxy groups -OCH3 is 1. The number of para-hydroxylation sites is 1. The van der Waals surface area contributed by atoms with Gasteiger partial charge in [-0.25, -0.2) is 23.1 Å². The van der Waals surface area contributed by atoms with Crippen molar-refractivity contribution in [1.29, 1.82) is 0 Å². The average Bonchev–Trinajstić information content (AvgIpc) is 2.73. The van der Waals surface area contributed by atoms with Gasteiger partial charge in [0.05, 0.1) is 12.0 Å². The minimum Gasteiger partial charge on any atom is -0.496 e. The number of benzene rings is 2. The Morgan fingerprint density at radius 1 is 1.03 bits per heavy atom. The highest BCUT2D eigenvalue weighted by Gasteiger charge is 2.15. The first kappa shape index (κ1) is 20.5. The summed E-state index contributed by atoms with van der Waals surface area (Å²) >= 11 is 5.30. The molecule has 0 saturated heterocycles. The molecule has 0 bridgehead atoms. The lowest BCUT2D eigenvalue weighted by Crippen LogP contribution is -2.28. The highest BCUT2D eigenvalue weighted by atomic mass is 32.2. The smallest absolute Gasteiger partial charge is 0.264 e. The van der Waals surface area contributed by atoms with Crippen molar-refractivity contribution in [2.75, 3.05) is 17.1 Å². The molecule has 3 N–H and O–H groups in total. The summed E-state index contributed by atoms with van der Waals surface area (Å²) in [7, 11) is -2.16. The zero-order chi connectivity index (χ0) is 20.7. The molecule has 0 fully saturated rings. The maximum absolute atomic E-state index is 12.4. The van der Waals surface area contributed by atoms with E-state index in [4.69, 9.17) is 17.0 Å². The topological polar surface area (TPSA) is 105 Å². The molecule has 0 unspecified atom stereocenters. The summed E-state index contributed by atoms with van der Waals surface area (Å²) in [6.45, 7) is 0.489. The van der Waals surface area contributed by atoms with Crippen LogP contribution in [-0.4, -0.2) is 30.6 Å². The Balaban J connectivity index is 1.59. The number of aromatic nitrogens is 2. The zero-order valence-electron chi connectivity index (χ0n) is 15.5. The van der Waals surface area contributed by atoms with Gasteiger partial charge in [0.25, 0.3) is 10.0 Å². The van der Waals surface area contributed by atoms with Crippen LogP contribution in [0, 0.1) is 0 Å². The predicted molar refractivity (Wildman–Crippen MR) is 115 cm³/mol. The largest absolute Gasteiger partial charge is 0.496 e. The van der Waals surface area contributed by atoms with Gasteiger partial charge < -0.3 is 15.4 Å². The van der Waals surface area contributed by atoms with Gasteiger partial charge in [-0.05, 0) is 48.6 Å². The molecule has 29 heavy (non-hydrogen) atoms. The van der Waals surface area contributed by atoms with Crippen LogP contribution < -0.4 is 20.1 Å². The third kappa shape index (κ3) is 5.62. The number of thiocarbonyl (C=S) groups is 1. The van der Waals surface area contributed by atoms with E-state index in [1.165, 1.54) is 24.5 Å². The van der Waals surface area contributed by atoms with Crippen LogP contribution in [0.2, 0.25) is 0 Å². The van der Waals surface area contributed by atoms with E-state index in [9.17, 15) is 8.42 Å². The lowest BCUT2D eigenvalue weighted by molar-refractivity contribution is 0.409. The summed E-state index contributed by atoms with van der Waals surface area (Å²) in [6, 6.07) is 15.4. The lowest BCUT2D eigenvalue weighted by Gasteiger charge is -2.13. The van der Waals surface area contributed by atoms with E-state index in [0.717, 1.165) is 11.3 Å². The molecule has 150 valence electrons. The molecule has 3 aromatic rings. The van der Waals surface area contributed by atoms with Crippen molar-refractivity contribution in [2.45, 2.75) is 11.4 Å². The first-order valence-electron chi connectivity index (χ1n) is 8.54. The Morgan fingerprint density at radius 2 is 1.72 bits per heavy atom. The highest BCUT2D eigenvalue weighted by molar-refractivity contribution is 7.92. The van der Waals surface area contributed by atoms with Gasteiger partial charge in [-0.2, -0.15) is 0 Å². The fourth-order valence-corrected chi connectivity index (χ4v) is 3.60. The van der Waals surface area contributed by atoms with E-state index < -0.39 is 10.0 Å². The number of ether oxygens (including phenoxy) is 1. The van der Waals surface area contributed by atoms with Crippen LogP contribution in [0.15, 0.2) is 71.9 Å². The molecule has 0 atom stereocenters. The van der Waals surface area contributed by atoms with Crippen LogP contribution in [0.3, 0.4) is 0 Å². The van der Waals surface area contributed by atoms with Crippen LogP contribution in [0.5, 0.6) is 5.75 Å². The maximum atomic E-state index is 12.4. The van der Waals surface area contributed by atoms with Gasteiger partial charge in [-0.3, -0.25) is 0 Å². The molecule has 2 aromatic carbocycles. The third-order valence-corrected chi connectivity index (χ3v) is 5.44. The van der Waals surface area contributed by atoms with Crippen molar-refractivity contribution in [3.63, 3.8) is 0 Å². The van der Waals surface area contributed by atoms with Gasteiger partial charge in [-0.15, -0.1) is 0 Å². The lowest BCUT2D eigenvalue weighted by atomic mass is 10.2. The predicted octanol–water partition coefficient (Wildman–Crippen LogP) is 2.77. The number of rotatable bonds is 7. The van der Waals surface area contributed by atoms with E-state index >= 15 is 0 Å². The fraction of sp³-hybridized carbons (Fsp3) is 0.105. The Kier molecular flexibility index (Phi) is 6.57. The highest BCUT2D eigenvalue weighted by Crippen LogP contribution is 2.18. The molecule has 10 heteroatoms. The van der Waals surface area contributed by atoms with Crippen LogP contribution in [0.25, 0.3) is 0 Å². The maximum Gasteiger partial charge on any atom is 0.264 e. The number of hydrogen-bond acceptors (Lipinski definition) is 6. The SMILES string of the molecule is COc1ccccc1CNC(=S)Nc1ccc(S(=O)(=O)Nc2ncccn2)cc1. The Bertz CT molecular complexity index is 1070. The summed E-state index contributed by atoms with van der Waals surface area (Å²) in [5, 5.41) is 6.52. The van der Waals surface area contributed by atoms with Crippen molar-refractivity contribution < 1.29 is 13.2 Å². The molecule has 0 aliphatic rings. The molecule has 0 aliphatic heterocycles. The summed E-state index contributed by atoms with van der Waals surface area (Å²) in [5.41, 5.74) is 1.62. The van der Waals surface area contributed by atoms with Gasteiger partial charge >= 0.3 is 0 Å². The minimum atomic E-state index is -3.78. The van der Waals surface area contributed by atoms with Gasteiger partial charge in [0.2, 0.25) is 5.95 Å². The van der Waals surface area contributed by atoms with Crippen molar-refractivity contribution in [3.8, 4) is 5.75 Å².